The lowest BCUT2D eigenvalue weighted by Gasteiger charge is -2.35. The number of hydrogen-bond donors (Lipinski definition) is 1. The first kappa shape index (κ1) is 13.2. The van der Waals surface area contributed by atoms with Gasteiger partial charge in [0.2, 0.25) is 0 Å². The van der Waals surface area contributed by atoms with Crippen LogP contribution in [0.5, 0.6) is 0 Å². The molecule has 1 saturated carbocycles. The minimum absolute atomic E-state index is 0.488. The Morgan fingerprint density at radius 3 is 2.58 bits per heavy atom. The van der Waals surface area contributed by atoms with E-state index >= 15 is 0 Å². The molecular weight excluding hydrogens is 260 g/mol. The first-order valence-corrected chi connectivity index (χ1v) is 7.46. The van der Waals surface area contributed by atoms with E-state index in [1.807, 2.05) is 12.3 Å². The first-order chi connectivity index (χ1) is 9.26. The second-order valence-corrected chi connectivity index (χ2v) is 5.99. The van der Waals surface area contributed by atoms with Crippen LogP contribution in [0.3, 0.4) is 0 Å². The van der Waals surface area contributed by atoms with Crippen molar-refractivity contribution >= 4 is 17.4 Å². The predicted molar refractivity (Wildman–Crippen MR) is 78.5 cm³/mol. The maximum atomic E-state index is 6.30. The Morgan fingerprint density at radius 1 is 1.26 bits per heavy atom. The summed E-state index contributed by atoms with van der Waals surface area (Å²) in [5.41, 5.74) is 6.59. The van der Waals surface area contributed by atoms with Crippen LogP contribution in [0.1, 0.15) is 18.4 Å². The van der Waals surface area contributed by atoms with Crippen molar-refractivity contribution in [2.75, 3.05) is 37.6 Å². The third kappa shape index (κ3) is 3.19. The Morgan fingerprint density at radius 2 is 2.00 bits per heavy atom. The Hall–Kier alpha value is -0.840. The van der Waals surface area contributed by atoms with E-state index in [-0.39, 0.29) is 0 Å². The van der Waals surface area contributed by atoms with Crippen molar-refractivity contribution in [3.63, 3.8) is 0 Å². The lowest BCUT2D eigenvalue weighted by Crippen LogP contribution is -2.47. The second kappa shape index (κ2) is 5.65. The van der Waals surface area contributed by atoms with Crippen LogP contribution >= 0.6 is 11.6 Å². The van der Waals surface area contributed by atoms with Gasteiger partial charge in [-0.05, 0) is 30.4 Å². The summed E-state index contributed by atoms with van der Waals surface area (Å²) in [6, 6.07) is 1.93. The van der Waals surface area contributed by atoms with Crippen molar-refractivity contribution in [1.82, 2.24) is 9.88 Å². The van der Waals surface area contributed by atoms with Crippen molar-refractivity contribution in [3.8, 4) is 0 Å². The molecule has 1 aromatic rings. The highest BCUT2D eigenvalue weighted by Gasteiger charge is 2.27. The van der Waals surface area contributed by atoms with Gasteiger partial charge in [-0.1, -0.05) is 11.6 Å². The SMILES string of the molecule is NCc1cnc(N2CCN(CC3CC3)CC2)c(Cl)c1. The fraction of sp³-hybridized carbons (Fsp3) is 0.643. The highest BCUT2D eigenvalue weighted by molar-refractivity contribution is 6.33. The van der Waals surface area contributed by atoms with E-state index in [1.54, 1.807) is 0 Å². The van der Waals surface area contributed by atoms with E-state index in [1.165, 1.54) is 19.4 Å². The molecule has 0 amide bonds. The van der Waals surface area contributed by atoms with Crippen molar-refractivity contribution in [1.29, 1.82) is 0 Å². The quantitative estimate of drug-likeness (QED) is 0.912. The number of nitrogens with two attached hydrogens (primary N) is 1. The minimum Gasteiger partial charge on any atom is -0.353 e. The lowest BCUT2D eigenvalue weighted by molar-refractivity contribution is 0.247. The summed E-state index contributed by atoms with van der Waals surface area (Å²) in [4.78, 5) is 9.32. The summed E-state index contributed by atoms with van der Waals surface area (Å²) >= 11 is 6.30. The first-order valence-electron chi connectivity index (χ1n) is 7.08. The van der Waals surface area contributed by atoms with Crippen LogP contribution in [0, 0.1) is 5.92 Å². The molecule has 1 aromatic heterocycles. The average Bonchev–Trinajstić information content (AvgIpc) is 3.24. The second-order valence-electron chi connectivity index (χ2n) is 5.58. The monoisotopic (exact) mass is 280 g/mol. The number of rotatable bonds is 4. The molecule has 1 saturated heterocycles. The average molecular weight is 281 g/mol. The fourth-order valence-electron chi connectivity index (χ4n) is 2.62. The number of piperazine rings is 1. The predicted octanol–water partition coefficient (Wildman–Crippen LogP) is 1.73. The molecule has 3 rings (SSSR count). The Kier molecular flexibility index (Phi) is 3.91. The summed E-state index contributed by atoms with van der Waals surface area (Å²) in [5, 5.41) is 0.721. The molecule has 0 spiro atoms. The molecule has 5 heteroatoms. The van der Waals surface area contributed by atoms with Gasteiger partial charge < -0.3 is 10.6 Å². The zero-order valence-electron chi connectivity index (χ0n) is 11.2. The molecule has 0 atom stereocenters. The Balaban J connectivity index is 1.60. The summed E-state index contributed by atoms with van der Waals surface area (Å²) < 4.78 is 0. The molecule has 2 heterocycles. The molecule has 2 fully saturated rings. The molecule has 0 aromatic carbocycles. The summed E-state index contributed by atoms with van der Waals surface area (Å²) in [6.45, 7) is 6.03. The molecule has 19 heavy (non-hydrogen) atoms. The van der Waals surface area contributed by atoms with Gasteiger partial charge in [0.05, 0.1) is 5.02 Å². The lowest BCUT2D eigenvalue weighted by atomic mass is 10.2. The topological polar surface area (TPSA) is 45.4 Å². The van der Waals surface area contributed by atoms with Crippen molar-refractivity contribution in [3.05, 3.63) is 22.8 Å². The van der Waals surface area contributed by atoms with Gasteiger partial charge in [0.1, 0.15) is 5.82 Å². The van der Waals surface area contributed by atoms with Crippen LogP contribution in [0.4, 0.5) is 5.82 Å². The molecule has 1 aliphatic carbocycles. The van der Waals surface area contributed by atoms with Gasteiger partial charge in [-0.15, -0.1) is 0 Å². The number of hydrogen-bond acceptors (Lipinski definition) is 4. The normalized spacial score (nSPS) is 20.8. The number of anilines is 1. The smallest absolute Gasteiger partial charge is 0.147 e. The van der Waals surface area contributed by atoms with E-state index in [9.17, 15) is 0 Å². The summed E-state index contributed by atoms with van der Waals surface area (Å²) in [5.74, 6) is 1.88. The molecule has 0 bridgehead atoms. The highest BCUT2D eigenvalue weighted by Crippen LogP contribution is 2.30. The Bertz CT molecular complexity index is 439. The van der Waals surface area contributed by atoms with E-state index in [0.717, 1.165) is 48.5 Å². The molecule has 2 aliphatic rings. The van der Waals surface area contributed by atoms with Crippen LogP contribution < -0.4 is 10.6 Å². The van der Waals surface area contributed by atoms with Crippen LogP contribution in [-0.4, -0.2) is 42.6 Å². The van der Waals surface area contributed by atoms with Crippen LogP contribution in [0.15, 0.2) is 12.3 Å². The number of pyridine rings is 1. The third-order valence-corrected chi connectivity index (χ3v) is 4.28. The van der Waals surface area contributed by atoms with Gasteiger partial charge in [-0.3, -0.25) is 4.90 Å². The van der Waals surface area contributed by atoms with Crippen molar-refractivity contribution < 1.29 is 0 Å². The largest absolute Gasteiger partial charge is 0.353 e. The van der Waals surface area contributed by atoms with E-state index in [2.05, 4.69) is 14.8 Å². The maximum Gasteiger partial charge on any atom is 0.147 e. The van der Waals surface area contributed by atoms with Crippen LogP contribution in [0.25, 0.3) is 0 Å². The molecular formula is C14H21ClN4. The van der Waals surface area contributed by atoms with Gasteiger partial charge in [-0.25, -0.2) is 4.98 Å². The van der Waals surface area contributed by atoms with E-state index in [0.29, 0.717) is 6.54 Å². The number of halogens is 1. The summed E-state index contributed by atoms with van der Waals surface area (Å²) in [7, 11) is 0. The minimum atomic E-state index is 0.488. The molecule has 2 N–H and O–H groups in total. The highest BCUT2D eigenvalue weighted by atomic mass is 35.5. The van der Waals surface area contributed by atoms with Gasteiger partial charge in [-0.2, -0.15) is 0 Å². The zero-order valence-corrected chi connectivity index (χ0v) is 11.9. The van der Waals surface area contributed by atoms with Crippen molar-refractivity contribution in [2.45, 2.75) is 19.4 Å². The van der Waals surface area contributed by atoms with E-state index in [4.69, 9.17) is 17.3 Å². The summed E-state index contributed by atoms with van der Waals surface area (Å²) in [6.07, 6.45) is 4.68. The maximum absolute atomic E-state index is 6.30. The molecule has 0 radical (unpaired) electrons. The Labute approximate surface area is 119 Å². The zero-order chi connectivity index (χ0) is 13.2. The van der Waals surface area contributed by atoms with Crippen molar-refractivity contribution in [2.24, 2.45) is 11.7 Å². The van der Waals surface area contributed by atoms with Crippen LogP contribution in [-0.2, 0) is 6.54 Å². The third-order valence-electron chi connectivity index (χ3n) is 4.00. The van der Waals surface area contributed by atoms with Gasteiger partial charge in [0.15, 0.2) is 0 Å². The number of nitrogens with zero attached hydrogens (tertiary/aromatic N) is 3. The number of aromatic nitrogens is 1. The van der Waals surface area contributed by atoms with Crippen LogP contribution in [0.2, 0.25) is 5.02 Å². The van der Waals surface area contributed by atoms with Gasteiger partial charge in [0, 0.05) is 45.5 Å². The van der Waals surface area contributed by atoms with E-state index < -0.39 is 0 Å². The van der Waals surface area contributed by atoms with Gasteiger partial charge >= 0.3 is 0 Å². The molecule has 1 aliphatic heterocycles. The molecule has 104 valence electrons. The fourth-order valence-corrected chi connectivity index (χ4v) is 2.93. The standard InChI is InChI=1S/C14H21ClN4/c15-13-7-12(8-16)9-17-14(13)19-5-3-18(4-6-19)10-11-1-2-11/h7,9,11H,1-6,8,10,16H2. The molecule has 4 nitrogen and oxygen atoms in total. The van der Waals surface area contributed by atoms with Gasteiger partial charge in [0.25, 0.3) is 0 Å². The molecule has 0 unspecified atom stereocenters.